The van der Waals surface area contributed by atoms with Crippen LogP contribution in [-0.4, -0.2) is 39.4 Å². The normalized spacial score (nSPS) is 11.2. The molecule has 112 valence electrons. The number of hydrogen-bond acceptors (Lipinski definition) is 4. The summed E-state index contributed by atoms with van der Waals surface area (Å²) < 4.78 is 41.4. The van der Waals surface area contributed by atoms with E-state index < -0.39 is 31.4 Å². The minimum atomic E-state index is -4.23. The summed E-state index contributed by atoms with van der Waals surface area (Å²) in [4.78, 5) is 13.0. The van der Waals surface area contributed by atoms with Gasteiger partial charge in [0.1, 0.15) is 4.90 Å². The van der Waals surface area contributed by atoms with Gasteiger partial charge < -0.3 is 9.64 Å². The first-order chi connectivity index (χ1) is 9.26. The molecule has 20 heavy (non-hydrogen) atoms. The van der Waals surface area contributed by atoms with Crippen LogP contribution >= 0.6 is 10.7 Å². The molecular formula is C12H15ClFNO4S. The van der Waals surface area contributed by atoms with Gasteiger partial charge in [-0.05, 0) is 26.0 Å². The van der Waals surface area contributed by atoms with Gasteiger partial charge in [0.2, 0.25) is 0 Å². The Balaban J connectivity index is 3.46. The van der Waals surface area contributed by atoms with Crippen molar-refractivity contribution in [2.75, 3.05) is 20.2 Å². The van der Waals surface area contributed by atoms with E-state index in [-0.39, 0.29) is 5.56 Å². The average Bonchev–Trinajstić information content (AvgIpc) is 2.37. The predicted molar refractivity (Wildman–Crippen MR) is 73.2 cm³/mol. The summed E-state index contributed by atoms with van der Waals surface area (Å²) in [6.07, 6.45) is 0. The maximum absolute atomic E-state index is 13.9. The fraction of sp³-hybridized carbons (Fsp3) is 0.417. The van der Waals surface area contributed by atoms with E-state index in [0.29, 0.717) is 13.1 Å². The van der Waals surface area contributed by atoms with E-state index in [1.165, 1.54) is 4.90 Å². The molecule has 1 amide bonds. The predicted octanol–water partition coefficient (Wildman–Crippen LogP) is 2.24. The monoisotopic (exact) mass is 323 g/mol. The Bertz CT molecular complexity index is 614. The maximum Gasteiger partial charge on any atom is 0.265 e. The Morgan fingerprint density at radius 2 is 1.90 bits per heavy atom. The van der Waals surface area contributed by atoms with Gasteiger partial charge >= 0.3 is 0 Å². The van der Waals surface area contributed by atoms with Gasteiger partial charge in [0.05, 0.1) is 7.11 Å². The summed E-state index contributed by atoms with van der Waals surface area (Å²) in [6, 6.07) is 1.95. The average molecular weight is 324 g/mol. The number of methoxy groups -OCH3 is 1. The molecule has 0 radical (unpaired) electrons. The Hall–Kier alpha value is -1.34. The number of carbonyl (C=O) groups excluding carboxylic acids is 1. The summed E-state index contributed by atoms with van der Waals surface area (Å²) in [6.45, 7) is 4.37. The van der Waals surface area contributed by atoms with E-state index in [4.69, 9.17) is 10.7 Å². The fourth-order valence-corrected chi connectivity index (χ4v) is 2.78. The number of halogens is 2. The molecule has 0 bridgehead atoms. The van der Waals surface area contributed by atoms with Crippen LogP contribution in [0.4, 0.5) is 4.39 Å². The highest BCUT2D eigenvalue weighted by molar-refractivity contribution is 8.13. The molecule has 0 atom stereocenters. The second kappa shape index (κ2) is 6.41. The Kier molecular flexibility index (Phi) is 5.35. The van der Waals surface area contributed by atoms with Crippen molar-refractivity contribution in [3.8, 4) is 5.75 Å². The van der Waals surface area contributed by atoms with E-state index in [0.717, 1.165) is 19.2 Å². The lowest BCUT2D eigenvalue weighted by atomic mass is 10.1. The first kappa shape index (κ1) is 16.7. The third kappa shape index (κ3) is 3.40. The molecule has 0 N–H and O–H groups in total. The highest BCUT2D eigenvalue weighted by Crippen LogP contribution is 2.31. The van der Waals surface area contributed by atoms with Crippen molar-refractivity contribution in [1.82, 2.24) is 4.90 Å². The first-order valence-corrected chi connectivity index (χ1v) is 8.18. The lowest BCUT2D eigenvalue weighted by Gasteiger charge is -2.19. The quantitative estimate of drug-likeness (QED) is 0.780. The van der Waals surface area contributed by atoms with Gasteiger partial charge in [-0.1, -0.05) is 0 Å². The van der Waals surface area contributed by atoms with Gasteiger partial charge in [-0.15, -0.1) is 0 Å². The lowest BCUT2D eigenvalue weighted by Crippen LogP contribution is -2.30. The summed E-state index contributed by atoms with van der Waals surface area (Å²) in [7, 11) is 2.13. The number of benzene rings is 1. The van der Waals surface area contributed by atoms with Crippen molar-refractivity contribution in [3.63, 3.8) is 0 Å². The first-order valence-electron chi connectivity index (χ1n) is 5.87. The molecule has 0 spiro atoms. The van der Waals surface area contributed by atoms with Crippen LogP contribution in [0.1, 0.15) is 24.2 Å². The van der Waals surface area contributed by atoms with Gasteiger partial charge in [-0.3, -0.25) is 4.79 Å². The Morgan fingerprint density at radius 1 is 1.35 bits per heavy atom. The largest absolute Gasteiger partial charge is 0.492 e. The number of nitrogens with zero attached hydrogens (tertiary/aromatic N) is 1. The van der Waals surface area contributed by atoms with Crippen molar-refractivity contribution in [2.45, 2.75) is 18.7 Å². The minimum absolute atomic E-state index is 0.0915. The third-order valence-corrected chi connectivity index (χ3v) is 4.10. The van der Waals surface area contributed by atoms with Gasteiger partial charge in [0.25, 0.3) is 15.0 Å². The van der Waals surface area contributed by atoms with Crippen LogP contribution in [0.5, 0.6) is 5.75 Å². The van der Waals surface area contributed by atoms with E-state index in [1.807, 2.05) is 0 Å². The smallest absolute Gasteiger partial charge is 0.265 e. The molecule has 0 saturated carbocycles. The molecule has 0 aliphatic rings. The summed E-state index contributed by atoms with van der Waals surface area (Å²) in [5.74, 6) is -1.93. The zero-order chi connectivity index (χ0) is 15.5. The molecule has 0 unspecified atom stereocenters. The van der Waals surface area contributed by atoms with E-state index in [1.54, 1.807) is 13.8 Å². The molecule has 0 aromatic heterocycles. The van der Waals surface area contributed by atoms with E-state index >= 15 is 0 Å². The molecule has 1 aromatic carbocycles. The molecular weight excluding hydrogens is 309 g/mol. The van der Waals surface area contributed by atoms with Crippen LogP contribution in [0.25, 0.3) is 0 Å². The van der Waals surface area contributed by atoms with Crippen molar-refractivity contribution in [2.24, 2.45) is 0 Å². The van der Waals surface area contributed by atoms with Crippen LogP contribution in [-0.2, 0) is 9.05 Å². The molecule has 0 aliphatic heterocycles. The summed E-state index contributed by atoms with van der Waals surface area (Å²) >= 11 is 0. The second-order valence-electron chi connectivity index (χ2n) is 3.90. The van der Waals surface area contributed by atoms with Gasteiger partial charge in [-0.2, -0.15) is 0 Å². The van der Waals surface area contributed by atoms with Crippen LogP contribution < -0.4 is 4.74 Å². The SMILES string of the molecule is CCN(CC)C(=O)c1cc(F)c(OC)c(S(=O)(=O)Cl)c1. The van der Waals surface area contributed by atoms with Crippen molar-refractivity contribution in [1.29, 1.82) is 0 Å². The fourth-order valence-electron chi connectivity index (χ4n) is 1.76. The maximum atomic E-state index is 13.9. The second-order valence-corrected chi connectivity index (χ2v) is 6.44. The van der Waals surface area contributed by atoms with Gasteiger partial charge in [-0.25, -0.2) is 12.8 Å². The van der Waals surface area contributed by atoms with Crippen molar-refractivity contribution in [3.05, 3.63) is 23.5 Å². The highest BCUT2D eigenvalue weighted by Gasteiger charge is 2.24. The van der Waals surface area contributed by atoms with Crippen molar-refractivity contribution < 1.29 is 22.3 Å². The minimum Gasteiger partial charge on any atom is -0.492 e. The zero-order valence-corrected chi connectivity index (χ0v) is 12.9. The molecule has 5 nitrogen and oxygen atoms in total. The van der Waals surface area contributed by atoms with Gasteiger partial charge in [0, 0.05) is 29.3 Å². The number of carbonyl (C=O) groups is 1. The highest BCUT2D eigenvalue weighted by atomic mass is 35.7. The molecule has 0 aliphatic carbocycles. The van der Waals surface area contributed by atoms with Crippen LogP contribution in [0.15, 0.2) is 17.0 Å². The van der Waals surface area contributed by atoms with Crippen LogP contribution in [0, 0.1) is 5.82 Å². The molecule has 1 rings (SSSR count). The Morgan fingerprint density at radius 3 is 2.30 bits per heavy atom. The molecule has 0 heterocycles. The zero-order valence-electron chi connectivity index (χ0n) is 11.3. The number of amides is 1. The van der Waals surface area contributed by atoms with Crippen LogP contribution in [0.2, 0.25) is 0 Å². The summed E-state index contributed by atoms with van der Waals surface area (Å²) in [5.41, 5.74) is -0.0915. The standard InChI is InChI=1S/C12H15ClFNO4S/c1-4-15(5-2)12(16)8-6-9(14)11(19-3)10(7-8)20(13,17)18/h6-7H,4-5H2,1-3H3. The van der Waals surface area contributed by atoms with E-state index in [9.17, 15) is 17.6 Å². The third-order valence-electron chi connectivity index (χ3n) is 2.77. The van der Waals surface area contributed by atoms with E-state index in [2.05, 4.69) is 4.74 Å². The number of ether oxygens (including phenoxy) is 1. The number of hydrogen-bond donors (Lipinski definition) is 0. The number of rotatable bonds is 5. The molecule has 1 aromatic rings. The molecule has 0 saturated heterocycles. The Labute approximate surface area is 121 Å². The van der Waals surface area contributed by atoms with Crippen molar-refractivity contribution >= 4 is 25.6 Å². The molecule has 0 fully saturated rings. The topological polar surface area (TPSA) is 63.7 Å². The van der Waals surface area contributed by atoms with Crippen LogP contribution in [0.3, 0.4) is 0 Å². The summed E-state index contributed by atoms with van der Waals surface area (Å²) in [5, 5.41) is 0. The lowest BCUT2D eigenvalue weighted by molar-refractivity contribution is 0.0772. The molecule has 8 heteroatoms. The van der Waals surface area contributed by atoms with Gasteiger partial charge in [0.15, 0.2) is 11.6 Å².